The number of nitrogens with one attached hydrogen (secondary N) is 1. The number of carbonyl (C=O) groups excluding carboxylic acids is 2. The molecule has 0 atom stereocenters. The molecule has 8 heteroatoms. The van der Waals surface area contributed by atoms with Gasteiger partial charge in [-0.2, -0.15) is 0 Å². The second-order valence-corrected chi connectivity index (χ2v) is 5.01. The molecule has 2 rings (SSSR count). The Morgan fingerprint density at radius 2 is 1.85 bits per heavy atom. The van der Waals surface area contributed by atoms with Gasteiger partial charge in [0.05, 0.1) is 23.3 Å². The van der Waals surface area contributed by atoms with E-state index in [1.54, 1.807) is 30.3 Å². The Balaban J connectivity index is 1.91. The Morgan fingerprint density at radius 3 is 2.58 bits per heavy atom. The van der Waals surface area contributed by atoms with Crippen LogP contribution in [-0.2, 0) is 14.3 Å². The van der Waals surface area contributed by atoms with Gasteiger partial charge in [0, 0.05) is 12.1 Å². The molecule has 0 saturated heterocycles. The van der Waals surface area contributed by atoms with Gasteiger partial charge in [-0.25, -0.2) is 4.79 Å². The minimum Gasteiger partial charge on any atom is -0.495 e. The second kappa shape index (κ2) is 8.97. The highest BCUT2D eigenvalue weighted by molar-refractivity contribution is 5.95. The van der Waals surface area contributed by atoms with E-state index in [0.717, 1.165) is 6.08 Å². The van der Waals surface area contributed by atoms with Crippen molar-refractivity contribution >= 4 is 29.3 Å². The highest BCUT2D eigenvalue weighted by Gasteiger charge is 2.11. The monoisotopic (exact) mass is 356 g/mol. The number of hydrogen-bond acceptors (Lipinski definition) is 6. The van der Waals surface area contributed by atoms with Gasteiger partial charge >= 0.3 is 5.97 Å². The maximum Gasteiger partial charge on any atom is 0.331 e. The quantitative estimate of drug-likeness (QED) is 0.354. The molecule has 0 aromatic heterocycles. The molecule has 134 valence electrons. The van der Waals surface area contributed by atoms with Gasteiger partial charge < -0.3 is 14.8 Å². The first-order valence-corrected chi connectivity index (χ1v) is 7.52. The van der Waals surface area contributed by atoms with Gasteiger partial charge in [-0.15, -0.1) is 0 Å². The van der Waals surface area contributed by atoms with Crippen LogP contribution in [0.4, 0.5) is 11.4 Å². The molecule has 0 unspecified atom stereocenters. The average Bonchev–Trinajstić information content (AvgIpc) is 2.65. The summed E-state index contributed by atoms with van der Waals surface area (Å²) in [5, 5.41) is 13.5. The van der Waals surface area contributed by atoms with E-state index in [1.807, 2.05) is 0 Å². The fourth-order valence-corrected chi connectivity index (χ4v) is 2.07. The van der Waals surface area contributed by atoms with Gasteiger partial charge in [-0.1, -0.05) is 24.3 Å². The lowest BCUT2D eigenvalue weighted by Gasteiger charge is -2.09. The summed E-state index contributed by atoms with van der Waals surface area (Å²) >= 11 is 0. The van der Waals surface area contributed by atoms with E-state index in [1.165, 1.54) is 31.4 Å². The van der Waals surface area contributed by atoms with Crippen LogP contribution in [0.3, 0.4) is 0 Å². The van der Waals surface area contributed by atoms with Crippen LogP contribution in [-0.4, -0.2) is 30.5 Å². The summed E-state index contributed by atoms with van der Waals surface area (Å²) in [6, 6.07) is 12.8. The number of ether oxygens (including phenoxy) is 2. The number of nitrogens with zero attached hydrogens (tertiary/aromatic N) is 1. The van der Waals surface area contributed by atoms with E-state index >= 15 is 0 Å². The third-order valence-electron chi connectivity index (χ3n) is 3.26. The maximum absolute atomic E-state index is 11.8. The predicted molar refractivity (Wildman–Crippen MR) is 94.7 cm³/mol. The number of para-hydroxylation sites is 3. The van der Waals surface area contributed by atoms with E-state index < -0.39 is 23.4 Å². The largest absolute Gasteiger partial charge is 0.495 e. The number of benzene rings is 2. The second-order valence-electron chi connectivity index (χ2n) is 5.01. The van der Waals surface area contributed by atoms with Crippen LogP contribution < -0.4 is 10.1 Å². The van der Waals surface area contributed by atoms with Gasteiger partial charge in [0.25, 0.3) is 11.6 Å². The molecule has 26 heavy (non-hydrogen) atoms. The predicted octanol–water partition coefficient (Wildman–Crippen LogP) is 2.80. The lowest BCUT2D eigenvalue weighted by molar-refractivity contribution is -0.385. The van der Waals surface area contributed by atoms with Crippen molar-refractivity contribution in [3.8, 4) is 5.75 Å². The fourth-order valence-electron chi connectivity index (χ4n) is 2.07. The summed E-state index contributed by atoms with van der Waals surface area (Å²) < 4.78 is 9.92. The summed E-state index contributed by atoms with van der Waals surface area (Å²) in [5.74, 6) is -0.858. The van der Waals surface area contributed by atoms with Crippen LogP contribution >= 0.6 is 0 Å². The molecule has 0 saturated carbocycles. The van der Waals surface area contributed by atoms with Crippen molar-refractivity contribution in [2.75, 3.05) is 19.0 Å². The molecule has 2 aromatic rings. The first-order chi connectivity index (χ1) is 12.5. The van der Waals surface area contributed by atoms with E-state index in [4.69, 9.17) is 9.47 Å². The van der Waals surface area contributed by atoms with Crippen LogP contribution in [0.5, 0.6) is 5.75 Å². The smallest absolute Gasteiger partial charge is 0.331 e. The highest BCUT2D eigenvalue weighted by atomic mass is 16.6. The van der Waals surface area contributed by atoms with Crippen LogP contribution in [0, 0.1) is 10.1 Å². The van der Waals surface area contributed by atoms with E-state index in [9.17, 15) is 19.7 Å². The van der Waals surface area contributed by atoms with Crippen LogP contribution in [0.25, 0.3) is 6.08 Å². The molecule has 0 fully saturated rings. The number of esters is 1. The number of carbonyl (C=O) groups is 2. The SMILES string of the molecule is COc1ccccc1NC(=O)COC(=O)/C=C/c1ccccc1[N+](=O)[O-]. The summed E-state index contributed by atoms with van der Waals surface area (Å²) in [6.45, 7) is -0.502. The van der Waals surface area contributed by atoms with Gasteiger partial charge in [-0.05, 0) is 24.3 Å². The Hall–Kier alpha value is -3.68. The third-order valence-corrected chi connectivity index (χ3v) is 3.26. The third kappa shape index (κ3) is 5.17. The lowest BCUT2D eigenvalue weighted by Crippen LogP contribution is -2.20. The summed E-state index contributed by atoms with van der Waals surface area (Å²) in [4.78, 5) is 33.9. The van der Waals surface area contributed by atoms with Crippen molar-refractivity contribution in [2.45, 2.75) is 0 Å². The zero-order chi connectivity index (χ0) is 18.9. The molecule has 1 amide bonds. The molecular formula is C18H16N2O6. The molecule has 0 radical (unpaired) electrons. The first kappa shape index (κ1) is 18.7. The topological polar surface area (TPSA) is 108 Å². The van der Waals surface area contributed by atoms with Gasteiger partial charge in [0.2, 0.25) is 0 Å². The normalized spacial score (nSPS) is 10.3. The Morgan fingerprint density at radius 1 is 1.15 bits per heavy atom. The minimum atomic E-state index is -0.793. The fraction of sp³-hybridized carbons (Fsp3) is 0.111. The average molecular weight is 356 g/mol. The summed E-state index contributed by atoms with van der Waals surface area (Å²) in [7, 11) is 1.47. The number of rotatable bonds is 7. The van der Waals surface area contributed by atoms with Crippen molar-refractivity contribution in [3.05, 3.63) is 70.3 Å². The Kier molecular flexibility index (Phi) is 6.44. The Bertz CT molecular complexity index is 847. The molecular weight excluding hydrogens is 340 g/mol. The molecule has 0 bridgehead atoms. The molecule has 0 heterocycles. The zero-order valence-corrected chi connectivity index (χ0v) is 13.9. The number of nitro benzene ring substituents is 1. The molecule has 1 N–H and O–H groups in total. The zero-order valence-electron chi connectivity index (χ0n) is 13.9. The molecule has 0 spiro atoms. The highest BCUT2D eigenvalue weighted by Crippen LogP contribution is 2.22. The van der Waals surface area contributed by atoms with E-state index in [-0.39, 0.29) is 11.3 Å². The molecule has 2 aromatic carbocycles. The van der Waals surface area contributed by atoms with Crippen molar-refractivity contribution in [1.29, 1.82) is 0 Å². The van der Waals surface area contributed by atoms with E-state index in [0.29, 0.717) is 11.4 Å². The first-order valence-electron chi connectivity index (χ1n) is 7.52. The minimum absolute atomic E-state index is 0.134. The van der Waals surface area contributed by atoms with Gasteiger partial charge in [0.15, 0.2) is 6.61 Å². The van der Waals surface area contributed by atoms with Crippen LogP contribution in [0.15, 0.2) is 54.6 Å². The number of amides is 1. The lowest BCUT2D eigenvalue weighted by atomic mass is 10.1. The maximum atomic E-state index is 11.8. The Labute approximate surface area is 149 Å². The number of anilines is 1. The molecule has 0 aliphatic heterocycles. The van der Waals surface area contributed by atoms with Crippen LogP contribution in [0.1, 0.15) is 5.56 Å². The molecule has 0 aliphatic carbocycles. The summed E-state index contributed by atoms with van der Waals surface area (Å²) in [6.07, 6.45) is 2.29. The molecule has 8 nitrogen and oxygen atoms in total. The van der Waals surface area contributed by atoms with Crippen molar-refractivity contribution in [2.24, 2.45) is 0 Å². The van der Waals surface area contributed by atoms with Crippen LogP contribution in [0.2, 0.25) is 0 Å². The number of hydrogen-bond donors (Lipinski definition) is 1. The number of methoxy groups -OCH3 is 1. The van der Waals surface area contributed by atoms with Gasteiger partial charge in [0.1, 0.15) is 5.75 Å². The number of nitro groups is 1. The summed E-state index contributed by atoms with van der Waals surface area (Å²) in [5.41, 5.74) is 0.574. The standard InChI is InChI=1S/C18H16N2O6/c1-25-16-9-5-3-7-14(16)19-17(21)12-26-18(22)11-10-13-6-2-4-8-15(13)20(23)24/h2-11H,12H2,1H3,(H,19,21)/b11-10+. The van der Waals surface area contributed by atoms with Gasteiger partial charge in [-0.3, -0.25) is 14.9 Å². The van der Waals surface area contributed by atoms with Crippen molar-refractivity contribution in [3.63, 3.8) is 0 Å². The van der Waals surface area contributed by atoms with Crippen molar-refractivity contribution < 1.29 is 24.0 Å². The van der Waals surface area contributed by atoms with Crippen molar-refractivity contribution in [1.82, 2.24) is 0 Å². The molecule has 0 aliphatic rings. The van der Waals surface area contributed by atoms with E-state index in [2.05, 4.69) is 5.32 Å².